The van der Waals surface area contributed by atoms with E-state index in [4.69, 9.17) is 0 Å². The zero-order valence-corrected chi connectivity index (χ0v) is 12.8. The molecule has 0 spiro atoms. The van der Waals surface area contributed by atoms with Gasteiger partial charge in [0.15, 0.2) is 0 Å². The van der Waals surface area contributed by atoms with E-state index in [9.17, 15) is 21.8 Å². The third-order valence-corrected chi connectivity index (χ3v) is 4.33. The van der Waals surface area contributed by atoms with Crippen LogP contribution in [0.5, 0.6) is 0 Å². The van der Waals surface area contributed by atoms with Gasteiger partial charge in [0.2, 0.25) is 5.95 Å². The van der Waals surface area contributed by atoms with Gasteiger partial charge in [-0.15, -0.1) is 0 Å². The molecule has 24 heavy (non-hydrogen) atoms. The largest absolute Gasteiger partial charge is 0.356 e. The van der Waals surface area contributed by atoms with Crippen LogP contribution in [0.1, 0.15) is 10.8 Å². The molecule has 0 saturated heterocycles. The average molecular weight is 350 g/mol. The summed E-state index contributed by atoms with van der Waals surface area (Å²) in [5, 5.41) is 2.36. The molecule has 1 aromatic carbocycles. The van der Waals surface area contributed by atoms with Crippen LogP contribution >= 0.6 is 0 Å². The predicted molar refractivity (Wildman–Crippen MR) is 82.3 cm³/mol. The van der Waals surface area contributed by atoms with Gasteiger partial charge < -0.3 is 5.32 Å². The second kappa shape index (κ2) is 6.10. The van der Waals surface area contributed by atoms with Gasteiger partial charge in [-0.2, -0.15) is 22.2 Å². The molecule has 0 amide bonds. The molecule has 2 aromatic rings. The summed E-state index contributed by atoms with van der Waals surface area (Å²) >= 11 is 0. The molecule has 1 radical (unpaired) electrons. The lowest BCUT2D eigenvalue weighted by Crippen LogP contribution is -2.33. The topological polar surface area (TPSA) is 92.2 Å². The number of aromatic nitrogens is 2. The maximum atomic E-state index is 13.5. The number of hydrogen-bond donors (Lipinski definition) is 2. The highest BCUT2D eigenvalue weighted by molar-refractivity contribution is 7.86. The quantitative estimate of drug-likeness (QED) is 0.481. The SMILES string of the molecule is O=S(=O)(O)C1[C]=CC=c2c1cccc2=CNc1cnc(F)nc1F. The van der Waals surface area contributed by atoms with E-state index >= 15 is 0 Å². The Bertz CT molecular complexity index is 1050. The fraction of sp³-hybridized carbons (Fsp3) is 0.0667. The Morgan fingerprint density at radius 1 is 1.33 bits per heavy atom. The highest BCUT2D eigenvalue weighted by Gasteiger charge is 2.25. The van der Waals surface area contributed by atoms with E-state index in [0.717, 1.165) is 6.20 Å². The van der Waals surface area contributed by atoms with Crippen LogP contribution in [0.15, 0.2) is 30.5 Å². The van der Waals surface area contributed by atoms with Gasteiger partial charge >= 0.3 is 6.08 Å². The van der Waals surface area contributed by atoms with Crippen LogP contribution < -0.4 is 15.8 Å². The van der Waals surface area contributed by atoms with Crippen LogP contribution in [0.3, 0.4) is 0 Å². The van der Waals surface area contributed by atoms with Crippen molar-refractivity contribution in [1.29, 1.82) is 0 Å². The molecule has 1 heterocycles. The number of nitrogens with zero attached hydrogens (tertiary/aromatic N) is 2. The molecule has 0 bridgehead atoms. The molecule has 3 rings (SSSR count). The summed E-state index contributed by atoms with van der Waals surface area (Å²) in [4.78, 5) is 6.20. The molecule has 0 saturated carbocycles. The zero-order chi connectivity index (χ0) is 17.3. The van der Waals surface area contributed by atoms with E-state index < -0.39 is 27.4 Å². The normalized spacial score (nSPS) is 17.3. The molecular weight excluding hydrogens is 340 g/mol. The Morgan fingerprint density at radius 2 is 2.12 bits per heavy atom. The monoisotopic (exact) mass is 350 g/mol. The molecule has 9 heteroatoms. The highest BCUT2D eigenvalue weighted by atomic mass is 32.2. The van der Waals surface area contributed by atoms with E-state index in [1.54, 1.807) is 24.3 Å². The van der Waals surface area contributed by atoms with Gasteiger partial charge in [-0.1, -0.05) is 30.4 Å². The van der Waals surface area contributed by atoms with Gasteiger partial charge in [0.1, 0.15) is 10.9 Å². The smallest absolute Gasteiger partial charge is 0.311 e. The van der Waals surface area contributed by atoms with Gasteiger partial charge in [-0.05, 0) is 22.1 Å². The number of benzene rings is 1. The predicted octanol–water partition coefficient (Wildman–Crippen LogP) is 0.687. The van der Waals surface area contributed by atoms with Crippen molar-refractivity contribution in [3.05, 3.63) is 64.6 Å². The van der Waals surface area contributed by atoms with Crippen LogP contribution in [0.25, 0.3) is 12.3 Å². The van der Waals surface area contributed by atoms with E-state index in [1.807, 2.05) is 0 Å². The zero-order valence-electron chi connectivity index (χ0n) is 11.9. The Kier molecular flexibility index (Phi) is 4.12. The molecule has 2 N–H and O–H groups in total. The minimum Gasteiger partial charge on any atom is -0.356 e. The first-order valence-electron chi connectivity index (χ1n) is 6.66. The van der Waals surface area contributed by atoms with Crippen molar-refractivity contribution >= 4 is 28.1 Å². The summed E-state index contributed by atoms with van der Waals surface area (Å²) in [6, 6.07) is 4.79. The lowest BCUT2D eigenvalue weighted by atomic mass is 10.0. The number of halogens is 2. The molecule has 1 aliphatic rings. The number of allylic oxidation sites excluding steroid dienone is 1. The lowest BCUT2D eigenvalue weighted by molar-refractivity contribution is 0.475. The number of hydrogen-bond acceptors (Lipinski definition) is 5. The summed E-state index contributed by atoms with van der Waals surface area (Å²) in [5.74, 6) is -1.06. The molecule has 0 fully saturated rings. The fourth-order valence-corrected chi connectivity index (χ4v) is 3.07. The van der Waals surface area contributed by atoms with Crippen molar-refractivity contribution < 1.29 is 21.8 Å². The van der Waals surface area contributed by atoms with Crippen molar-refractivity contribution in [2.45, 2.75) is 5.25 Å². The number of fused-ring (bicyclic) bond motifs is 1. The highest BCUT2D eigenvalue weighted by Crippen LogP contribution is 2.20. The van der Waals surface area contributed by atoms with Crippen molar-refractivity contribution in [3.8, 4) is 0 Å². The van der Waals surface area contributed by atoms with Gasteiger partial charge in [-0.25, -0.2) is 4.98 Å². The Morgan fingerprint density at radius 3 is 2.83 bits per heavy atom. The van der Waals surface area contributed by atoms with Gasteiger partial charge in [-0.3, -0.25) is 4.55 Å². The third-order valence-electron chi connectivity index (χ3n) is 3.35. The van der Waals surface area contributed by atoms with Crippen LogP contribution in [-0.4, -0.2) is 22.9 Å². The lowest BCUT2D eigenvalue weighted by Gasteiger charge is -2.13. The first-order chi connectivity index (χ1) is 11.4. The van der Waals surface area contributed by atoms with Crippen LogP contribution in [0, 0.1) is 18.1 Å². The minimum absolute atomic E-state index is 0.141. The van der Waals surface area contributed by atoms with Crippen LogP contribution in [-0.2, 0) is 10.1 Å². The summed E-state index contributed by atoms with van der Waals surface area (Å²) in [6.45, 7) is 0. The van der Waals surface area contributed by atoms with Crippen LogP contribution in [0.2, 0.25) is 0 Å². The fourth-order valence-electron chi connectivity index (χ4n) is 2.30. The van der Waals surface area contributed by atoms with Crippen LogP contribution in [0.4, 0.5) is 14.5 Å². The number of nitrogens with one attached hydrogen (secondary N) is 1. The van der Waals surface area contributed by atoms with Gasteiger partial charge in [0, 0.05) is 6.20 Å². The number of rotatable bonds is 3. The second-order valence-electron chi connectivity index (χ2n) is 4.88. The Hall–Kier alpha value is -2.65. The Balaban J connectivity index is 2.07. The molecule has 6 nitrogen and oxygen atoms in total. The summed E-state index contributed by atoms with van der Waals surface area (Å²) in [7, 11) is -4.35. The molecular formula is C15H10F2N3O3S. The Labute approximate surface area is 135 Å². The maximum Gasteiger partial charge on any atom is 0.311 e. The molecule has 0 aliphatic heterocycles. The standard InChI is InChI=1S/C15H10F2N3O3S/c16-14-12(8-19-15(17)20-14)18-7-9-3-1-5-11-10(9)4-2-6-13(11)24(21,22)23/h1-5,7-8,13,18H,(H,21,22,23). The molecule has 1 unspecified atom stereocenters. The molecule has 123 valence electrons. The summed E-state index contributed by atoms with van der Waals surface area (Å²) < 4.78 is 58.4. The first kappa shape index (κ1) is 16.2. The second-order valence-corrected chi connectivity index (χ2v) is 6.38. The van der Waals surface area contributed by atoms with E-state index in [1.165, 1.54) is 12.3 Å². The number of anilines is 1. The van der Waals surface area contributed by atoms with Gasteiger partial charge in [0.05, 0.1) is 6.20 Å². The van der Waals surface area contributed by atoms with Crippen molar-refractivity contribution in [1.82, 2.24) is 9.97 Å². The van der Waals surface area contributed by atoms with Gasteiger partial charge in [0.25, 0.3) is 10.1 Å². The van der Waals surface area contributed by atoms with E-state index in [2.05, 4.69) is 21.4 Å². The minimum atomic E-state index is -4.35. The summed E-state index contributed by atoms with van der Waals surface area (Å²) in [6.07, 6.45) is 6.72. The van der Waals surface area contributed by atoms with Crippen molar-refractivity contribution in [2.75, 3.05) is 5.32 Å². The van der Waals surface area contributed by atoms with E-state index in [0.29, 0.717) is 16.0 Å². The maximum absolute atomic E-state index is 13.5. The molecule has 1 atom stereocenters. The first-order valence-corrected chi connectivity index (χ1v) is 8.16. The molecule has 1 aliphatic carbocycles. The van der Waals surface area contributed by atoms with Crippen molar-refractivity contribution in [3.63, 3.8) is 0 Å². The average Bonchev–Trinajstić information content (AvgIpc) is 2.52. The molecule has 1 aromatic heterocycles. The summed E-state index contributed by atoms with van der Waals surface area (Å²) in [5.41, 5.74) is 0.199. The van der Waals surface area contributed by atoms with E-state index in [-0.39, 0.29) is 5.69 Å². The van der Waals surface area contributed by atoms with Crippen molar-refractivity contribution in [2.24, 2.45) is 0 Å². The third kappa shape index (κ3) is 3.17.